The summed E-state index contributed by atoms with van der Waals surface area (Å²) >= 11 is 0. The Labute approximate surface area is 180 Å². The molecule has 7 heteroatoms. The maximum Gasteiger partial charge on any atom is 0.226 e. The maximum atomic E-state index is 13.1. The first-order valence-electron chi connectivity index (χ1n) is 10.3. The van der Waals surface area contributed by atoms with E-state index in [0.717, 1.165) is 30.2 Å². The molecule has 0 aliphatic carbocycles. The van der Waals surface area contributed by atoms with E-state index in [2.05, 4.69) is 56.9 Å². The first-order valence-corrected chi connectivity index (χ1v) is 10.3. The fourth-order valence-electron chi connectivity index (χ4n) is 3.50. The minimum Gasteiger partial charge on any atom is -0.444 e. The van der Waals surface area contributed by atoms with Gasteiger partial charge in [-0.3, -0.25) is 4.99 Å². The molecule has 31 heavy (non-hydrogen) atoms. The summed E-state index contributed by atoms with van der Waals surface area (Å²) in [5.41, 5.74) is 5.29. The third-order valence-electron chi connectivity index (χ3n) is 5.15. The molecule has 0 saturated heterocycles. The predicted molar refractivity (Wildman–Crippen MR) is 122 cm³/mol. The van der Waals surface area contributed by atoms with Crippen molar-refractivity contribution in [2.24, 2.45) is 4.99 Å². The lowest BCUT2D eigenvalue weighted by Crippen LogP contribution is -2.39. The van der Waals surface area contributed by atoms with Gasteiger partial charge >= 0.3 is 0 Å². The number of hydrogen-bond acceptors (Lipinski definition) is 3. The first kappa shape index (κ1) is 20.7. The molecule has 4 rings (SSSR count). The molecule has 0 saturated carbocycles. The van der Waals surface area contributed by atoms with Gasteiger partial charge in [0.1, 0.15) is 12.1 Å². The highest BCUT2D eigenvalue weighted by atomic mass is 19.1. The topological polar surface area (TPSA) is 78.2 Å². The number of nitrogens with one attached hydrogen (secondary N) is 3. The molecule has 0 radical (unpaired) electrons. The molecule has 3 N–H and O–H groups in total. The molecule has 0 aliphatic rings. The van der Waals surface area contributed by atoms with Crippen LogP contribution in [0.15, 0.2) is 64.3 Å². The van der Waals surface area contributed by atoms with E-state index in [1.54, 1.807) is 25.4 Å². The zero-order chi connectivity index (χ0) is 21.6. The smallest absolute Gasteiger partial charge is 0.226 e. The number of nitrogens with zero attached hydrogens (tertiary/aromatic N) is 2. The molecule has 0 bridgehead atoms. The van der Waals surface area contributed by atoms with Crippen molar-refractivity contribution in [1.29, 1.82) is 0 Å². The second kappa shape index (κ2) is 9.47. The van der Waals surface area contributed by atoms with Crippen LogP contribution in [0.2, 0.25) is 0 Å². The van der Waals surface area contributed by atoms with Gasteiger partial charge in [-0.25, -0.2) is 9.37 Å². The highest BCUT2D eigenvalue weighted by Gasteiger charge is 2.08. The van der Waals surface area contributed by atoms with Gasteiger partial charge in [-0.1, -0.05) is 12.1 Å². The molecular weight excluding hydrogens is 393 g/mol. The Morgan fingerprint density at radius 3 is 2.65 bits per heavy atom. The molecule has 0 unspecified atom stereocenters. The van der Waals surface area contributed by atoms with Gasteiger partial charge in [-0.15, -0.1) is 0 Å². The zero-order valence-corrected chi connectivity index (χ0v) is 17.7. The molecule has 0 spiro atoms. The van der Waals surface area contributed by atoms with Crippen molar-refractivity contribution in [3.63, 3.8) is 0 Å². The number of rotatable bonds is 7. The third-order valence-corrected chi connectivity index (χ3v) is 5.15. The molecule has 2 heterocycles. The van der Waals surface area contributed by atoms with E-state index >= 15 is 0 Å². The van der Waals surface area contributed by atoms with Crippen molar-refractivity contribution in [2.45, 2.75) is 19.8 Å². The Morgan fingerprint density at radius 2 is 1.87 bits per heavy atom. The normalized spacial score (nSPS) is 11.8. The lowest BCUT2D eigenvalue weighted by atomic mass is 10.1. The van der Waals surface area contributed by atoms with Crippen LogP contribution in [-0.4, -0.2) is 36.1 Å². The van der Waals surface area contributed by atoms with Gasteiger partial charge in [0.05, 0.1) is 5.69 Å². The SMILES string of the molecule is CN=C(NCCc1coc(-c2ccc(F)cc2)n1)NCCc1c[nH]c2cc(C)ccc12. The highest BCUT2D eigenvalue weighted by molar-refractivity contribution is 5.84. The van der Waals surface area contributed by atoms with Crippen LogP contribution in [0.3, 0.4) is 0 Å². The monoisotopic (exact) mass is 419 g/mol. The molecule has 0 amide bonds. The van der Waals surface area contributed by atoms with E-state index in [-0.39, 0.29) is 5.82 Å². The highest BCUT2D eigenvalue weighted by Crippen LogP contribution is 2.20. The van der Waals surface area contributed by atoms with Crippen LogP contribution in [0.5, 0.6) is 0 Å². The lowest BCUT2D eigenvalue weighted by Gasteiger charge is -2.11. The van der Waals surface area contributed by atoms with Crippen molar-refractivity contribution in [1.82, 2.24) is 20.6 Å². The number of H-pyrrole nitrogens is 1. The quantitative estimate of drug-likeness (QED) is 0.310. The molecule has 0 fully saturated rings. The van der Waals surface area contributed by atoms with E-state index < -0.39 is 0 Å². The maximum absolute atomic E-state index is 13.1. The molecular formula is C24H26FN5O. The summed E-state index contributed by atoms with van der Waals surface area (Å²) in [4.78, 5) is 12.1. The van der Waals surface area contributed by atoms with E-state index in [1.807, 2.05) is 0 Å². The van der Waals surface area contributed by atoms with E-state index in [4.69, 9.17) is 4.42 Å². The Bertz CT molecular complexity index is 1180. The fraction of sp³-hybridized carbons (Fsp3) is 0.250. The van der Waals surface area contributed by atoms with Crippen LogP contribution < -0.4 is 10.6 Å². The first-order chi connectivity index (χ1) is 15.1. The molecule has 4 aromatic rings. The van der Waals surface area contributed by atoms with Crippen molar-refractivity contribution < 1.29 is 8.81 Å². The third kappa shape index (κ3) is 5.12. The van der Waals surface area contributed by atoms with E-state index in [9.17, 15) is 4.39 Å². The van der Waals surface area contributed by atoms with Gasteiger partial charge in [0.15, 0.2) is 5.96 Å². The summed E-state index contributed by atoms with van der Waals surface area (Å²) in [5.74, 6) is 0.961. The van der Waals surface area contributed by atoms with Gasteiger partial charge in [0.25, 0.3) is 0 Å². The second-order valence-corrected chi connectivity index (χ2v) is 7.44. The molecule has 0 atom stereocenters. The van der Waals surface area contributed by atoms with E-state index in [1.165, 1.54) is 34.2 Å². The summed E-state index contributed by atoms with van der Waals surface area (Å²) in [5, 5.41) is 7.91. The van der Waals surface area contributed by atoms with Gasteiger partial charge < -0.3 is 20.0 Å². The number of oxazole rings is 1. The Hall–Kier alpha value is -3.61. The molecule has 160 valence electrons. The average molecular weight is 420 g/mol. The van der Waals surface area contributed by atoms with Gasteiger partial charge in [0, 0.05) is 49.2 Å². The van der Waals surface area contributed by atoms with Crippen LogP contribution in [0, 0.1) is 12.7 Å². The van der Waals surface area contributed by atoms with Crippen molar-refractivity contribution in [3.05, 3.63) is 77.6 Å². The van der Waals surface area contributed by atoms with Crippen LogP contribution in [0.4, 0.5) is 4.39 Å². The zero-order valence-electron chi connectivity index (χ0n) is 17.7. The number of aromatic nitrogens is 2. The number of fused-ring (bicyclic) bond motifs is 1. The number of aryl methyl sites for hydroxylation is 1. The lowest BCUT2D eigenvalue weighted by molar-refractivity contribution is 0.571. The van der Waals surface area contributed by atoms with Crippen molar-refractivity contribution in [2.75, 3.05) is 20.1 Å². The van der Waals surface area contributed by atoms with E-state index in [0.29, 0.717) is 18.9 Å². The predicted octanol–water partition coefficient (Wildman–Crippen LogP) is 4.22. The van der Waals surface area contributed by atoms with Gasteiger partial charge in [0.2, 0.25) is 5.89 Å². The number of benzene rings is 2. The number of hydrogen-bond donors (Lipinski definition) is 3. The Balaban J connectivity index is 1.24. The summed E-state index contributed by atoms with van der Waals surface area (Å²) in [6.07, 6.45) is 5.29. The van der Waals surface area contributed by atoms with Crippen LogP contribution in [0.1, 0.15) is 16.8 Å². The molecule has 2 aromatic carbocycles. The Morgan fingerprint density at radius 1 is 1.10 bits per heavy atom. The van der Waals surface area contributed by atoms with Crippen LogP contribution in [-0.2, 0) is 12.8 Å². The van der Waals surface area contributed by atoms with Gasteiger partial charge in [-0.2, -0.15) is 0 Å². The molecule has 0 aliphatic heterocycles. The molecule has 2 aromatic heterocycles. The summed E-state index contributed by atoms with van der Waals surface area (Å²) < 4.78 is 18.6. The summed E-state index contributed by atoms with van der Waals surface area (Å²) in [7, 11) is 1.76. The molecule has 6 nitrogen and oxygen atoms in total. The number of guanidine groups is 1. The fourth-order valence-corrected chi connectivity index (χ4v) is 3.50. The minimum absolute atomic E-state index is 0.279. The minimum atomic E-state index is -0.279. The second-order valence-electron chi connectivity index (χ2n) is 7.44. The standard InChI is InChI=1S/C24H26FN5O/c1-16-3-8-21-18(14-29-22(21)13-16)9-11-27-24(26-2)28-12-10-20-15-31-23(30-20)17-4-6-19(25)7-5-17/h3-8,13-15,29H,9-12H2,1-2H3,(H2,26,27,28). The summed E-state index contributed by atoms with van der Waals surface area (Å²) in [6, 6.07) is 12.6. The largest absolute Gasteiger partial charge is 0.444 e. The van der Waals surface area contributed by atoms with Gasteiger partial charge in [-0.05, 0) is 54.8 Å². The Kier molecular flexibility index (Phi) is 6.31. The average Bonchev–Trinajstić information content (AvgIpc) is 3.40. The number of aromatic amines is 1. The van der Waals surface area contributed by atoms with Crippen molar-refractivity contribution >= 4 is 16.9 Å². The summed E-state index contributed by atoms with van der Waals surface area (Å²) in [6.45, 7) is 3.54. The van der Waals surface area contributed by atoms with Crippen molar-refractivity contribution in [3.8, 4) is 11.5 Å². The number of halogens is 1. The van der Waals surface area contributed by atoms with Crippen LogP contribution in [0.25, 0.3) is 22.4 Å². The number of aliphatic imine (C=N–C) groups is 1. The van der Waals surface area contributed by atoms with Crippen LogP contribution >= 0.6 is 0 Å².